The molecule has 1 fully saturated rings. The van der Waals surface area contributed by atoms with Crippen LogP contribution in [0.25, 0.3) is 0 Å². The van der Waals surface area contributed by atoms with E-state index in [0.29, 0.717) is 5.02 Å². The molecule has 0 spiro atoms. The summed E-state index contributed by atoms with van der Waals surface area (Å²) in [6, 6.07) is 7.38. The average Bonchev–Trinajstić information content (AvgIpc) is 2.43. The van der Waals surface area contributed by atoms with Gasteiger partial charge in [-0.3, -0.25) is 0 Å². The van der Waals surface area contributed by atoms with E-state index in [4.69, 9.17) is 16.3 Å². The lowest BCUT2D eigenvalue weighted by Crippen LogP contribution is -2.54. The number of rotatable bonds is 3. The lowest BCUT2D eigenvalue weighted by atomic mass is 9.87. The molecule has 0 aromatic heterocycles. The quantitative estimate of drug-likeness (QED) is 0.865. The second-order valence-corrected chi connectivity index (χ2v) is 5.45. The monoisotopic (exact) mass is 282 g/mol. The fraction of sp³-hybridized carbons (Fsp3) is 0.500. The number of nitrogens with one attached hydrogen (secondary N) is 1. The Hall–Kier alpha value is -1.26. The second-order valence-electron chi connectivity index (χ2n) is 5.01. The van der Waals surface area contributed by atoms with E-state index in [1.807, 2.05) is 24.3 Å². The number of likely N-dealkylation sites (tertiary alicyclic amines) is 1. The number of ether oxygens (including phenoxy) is 1. The van der Waals surface area contributed by atoms with Crippen LogP contribution in [0.4, 0.5) is 5.69 Å². The minimum atomic E-state index is -0.630. The van der Waals surface area contributed by atoms with Crippen LogP contribution < -0.4 is 5.32 Å². The summed E-state index contributed by atoms with van der Waals surface area (Å²) in [5.74, 6) is -0.199. The highest BCUT2D eigenvalue weighted by molar-refractivity contribution is 6.30. The van der Waals surface area contributed by atoms with Crippen molar-refractivity contribution in [3.63, 3.8) is 0 Å². The maximum Gasteiger partial charge on any atom is 0.331 e. The average molecular weight is 283 g/mol. The predicted octanol–water partition coefficient (Wildman–Crippen LogP) is 2.39. The summed E-state index contributed by atoms with van der Waals surface area (Å²) in [6.07, 6.45) is 1.47. The molecule has 0 bridgehead atoms. The summed E-state index contributed by atoms with van der Waals surface area (Å²) >= 11 is 5.87. The Labute approximate surface area is 118 Å². The number of nitrogens with zero attached hydrogens (tertiary/aromatic N) is 1. The third kappa shape index (κ3) is 3.19. The summed E-state index contributed by atoms with van der Waals surface area (Å²) < 4.78 is 4.98. The van der Waals surface area contributed by atoms with E-state index < -0.39 is 5.54 Å². The number of methoxy groups -OCH3 is 1. The summed E-state index contributed by atoms with van der Waals surface area (Å²) in [4.78, 5) is 14.4. The molecule has 1 aliphatic rings. The Kier molecular flexibility index (Phi) is 4.32. The Balaban J connectivity index is 2.18. The first-order valence-corrected chi connectivity index (χ1v) is 6.74. The Morgan fingerprint density at radius 2 is 1.89 bits per heavy atom. The number of benzene rings is 1. The van der Waals surface area contributed by atoms with E-state index >= 15 is 0 Å². The van der Waals surface area contributed by atoms with Crippen molar-refractivity contribution in [3.8, 4) is 0 Å². The van der Waals surface area contributed by atoms with E-state index in [1.165, 1.54) is 7.11 Å². The van der Waals surface area contributed by atoms with E-state index in [0.717, 1.165) is 31.6 Å². The molecule has 19 heavy (non-hydrogen) atoms. The number of carbonyl (C=O) groups excluding carboxylic acids is 1. The van der Waals surface area contributed by atoms with Crippen molar-refractivity contribution in [3.05, 3.63) is 29.3 Å². The summed E-state index contributed by atoms with van der Waals surface area (Å²) in [5.41, 5.74) is 0.258. The van der Waals surface area contributed by atoms with Gasteiger partial charge in [-0.2, -0.15) is 0 Å². The Morgan fingerprint density at radius 3 is 2.42 bits per heavy atom. The van der Waals surface area contributed by atoms with Crippen molar-refractivity contribution in [2.24, 2.45) is 0 Å². The number of piperidine rings is 1. The molecule has 1 saturated heterocycles. The Bertz CT molecular complexity index is 439. The smallest absolute Gasteiger partial charge is 0.331 e. The zero-order chi connectivity index (χ0) is 13.9. The lowest BCUT2D eigenvalue weighted by Gasteiger charge is -2.39. The van der Waals surface area contributed by atoms with Gasteiger partial charge in [-0.1, -0.05) is 11.6 Å². The van der Waals surface area contributed by atoms with E-state index in [1.54, 1.807) is 0 Å². The lowest BCUT2D eigenvalue weighted by molar-refractivity contribution is -0.147. The van der Waals surface area contributed by atoms with Crippen LogP contribution in [0.3, 0.4) is 0 Å². The van der Waals surface area contributed by atoms with E-state index in [-0.39, 0.29) is 5.97 Å². The maximum atomic E-state index is 12.1. The van der Waals surface area contributed by atoms with Crippen LogP contribution in [0.2, 0.25) is 5.02 Å². The molecule has 1 aromatic carbocycles. The van der Waals surface area contributed by atoms with Gasteiger partial charge in [0.05, 0.1) is 7.11 Å². The second kappa shape index (κ2) is 5.80. The van der Waals surface area contributed by atoms with Gasteiger partial charge < -0.3 is 15.0 Å². The number of esters is 1. The van der Waals surface area contributed by atoms with Crippen molar-refractivity contribution >= 4 is 23.3 Å². The zero-order valence-electron chi connectivity index (χ0n) is 11.3. The van der Waals surface area contributed by atoms with Crippen molar-refractivity contribution in [2.45, 2.75) is 18.4 Å². The molecular weight excluding hydrogens is 264 g/mol. The first-order valence-electron chi connectivity index (χ1n) is 6.36. The molecule has 1 heterocycles. The first kappa shape index (κ1) is 14.2. The standard InChI is InChI=1S/C14H19ClN2O2/c1-17-9-7-14(8-10-17,13(18)19-2)16-12-5-3-11(15)4-6-12/h3-6,16H,7-10H2,1-2H3. The summed E-state index contributed by atoms with van der Waals surface area (Å²) in [5, 5.41) is 4.01. The molecular formula is C14H19ClN2O2. The molecule has 1 aliphatic heterocycles. The van der Waals surface area contributed by atoms with Gasteiger partial charge in [0.15, 0.2) is 0 Å². The van der Waals surface area contributed by atoms with Crippen molar-refractivity contribution in [1.82, 2.24) is 4.90 Å². The topological polar surface area (TPSA) is 41.6 Å². The molecule has 0 amide bonds. The minimum Gasteiger partial charge on any atom is -0.467 e. The summed E-state index contributed by atoms with van der Waals surface area (Å²) in [7, 11) is 3.50. The molecule has 1 aromatic rings. The fourth-order valence-electron chi connectivity index (χ4n) is 2.39. The van der Waals surface area contributed by atoms with Crippen LogP contribution in [0.15, 0.2) is 24.3 Å². The molecule has 4 nitrogen and oxygen atoms in total. The van der Waals surface area contributed by atoms with Crippen LogP contribution in [-0.2, 0) is 9.53 Å². The number of carbonyl (C=O) groups is 1. The SMILES string of the molecule is COC(=O)C1(Nc2ccc(Cl)cc2)CCN(C)CC1. The first-order chi connectivity index (χ1) is 9.05. The molecule has 0 unspecified atom stereocenters. The molecule has 104 valence electrons. The normalized spacial score (nSPS) is 18.9. The van der Waals surface area contributed by atoms with Crippen LogP contribution in [0.5, 0.6) is 0 Å². The fourth-order valence-corrected chi connectivity index (χ4v) is 2.51. The maximum absolute atomic E-state index is 12.1. The minimum absolute atomic E-state index is 0.199. The highest BCUT2D eigenvalue weighted by Gasteiger charge is 2.41. The van der Waals surface area contributed by atoms with E-state index in [2.05, 4.69) is 17.3 Å². The van der Waals surface area contributed by atoms with Gasteiger partial charge in [0.1, 0.15) is 5.54 Å². The van der Waals surface area contributed by atoms with Gasteiger partial charge >= 0.3 is 5.97 Å². The van der Waals surface area contributed by atoms with Crippen LogP contribution in [-0.4, -0.2) is 43.7 Å². The largest absolute Gasteiger partial charge is 0.467 e. The number of hydrogen-bond acceptors (Lipinski definition) is 4. The highest BCUT2D eigenvalue weighted by Crippen LogP contribution is 2.28. The van der Waals surface area contributed by atoms with E-state index in [9.17, 15) is 4.79 Å². The van der Waals surface area contributed by atoms with Gasteiger partial charge in [-0.15, -0.1) is 0 Å². The van der Waals surface area contributed by atoms with Crippen LogP contribution in [0.1, 0.15) is 12.8 Å². The van der Waals surface area contributed by atoms with Gasteiger partial charge in [0.2, 0.25) is 0 Å². The van der Waals surface area contributed by atoms with Gasteiger partial charge in [0, 0.05) is 23.8 Å². The number of hydrogen-bond donors (Lipinski definition) is 1. The molecule has 0 saturated carbocycles. The van der Waals surface area contributed by atoms with Crippen molar-refractivity contribution in [1.29, 1.82) is 0 Å². The van der Waals surface area contributed by atoms with Gasteiger partial charge in [0.25, 0.3) is 0 Å². The predicted molar refractivity (Wildman–Crippen MR) is 76.6 cm³/mol. The molecule has 0 radical (unpaired) electrons. The van der Waals surface area contributed by atoms with Crippen LogP contribution >= 0.6 is 11.6 Å². The molecule has 0 aliphatic carbocycles. The molecule has 5 heteroatoms. The highest BCUT2D eigenvalue weighted by atomic mass is 35.5. The van der Waals surface area contributed by atoms with Crippen molar-refractivity contribution < 1.29 is 9.53 Å². The summed E-state index contributed by atoms with van der Waals surface area (Å²) in [6.45, 7) is 1.74. The van der Waals surface area contributed by atoms with Gasteiger partial charge in [-0.25, -0.2) is 4.79 Å². The Morgan fingerprint density at radius 1 is 1.32 bits per heavy atom. The molecule has 2 rings (SSSR count). The van der Waals surface area contributed by atoms with Crippen LogP contribution in [0, 0.1) is 0 Å². The molecule has 1 N–H and O–H groups in total. The third-order valence-electron chi connectivity index (χ3n) is 3.64. The number of halogens is 1. The zero-order valence-corrected chi connectivity index (χ0v) is 12.0. The third-order valence-corrected chi connectivity index (χ3v) is 3.90. The van der Waals surface area contributed by atoms with Gasteiger partial charge in [-0.05, 0) is 44.2 Å². The van der Waals surface area contributed by atoms with Crippen molar-refractivity contribution in [2.75, 3.05) is 32.6 Å². The number of anilines is 1. The molecule has 0 atom stereocenters.